The number of hydrogen-bond donors (Lipinski definition) is 2. The molecule has 8 heteroatoms. The number of rotatable bonds is 9. The number of amides is 4. The highest BCUT2D eigenvalue weighted by Gasteiger charge is 2.38. The molecule has 1 heterocycles. The lowest BCUT2D eigenvalue weighted by Crippen LogP contribution is -2.37. The maximum absolute atomic E-state index is 12.5. The summed E-state index contributed by atoms with van der Waals surface area (Å²) >= 11 is 0. The summed E-state index contributed by atoms with van der Waals surface area (Å²) in [5.74, 6) is 0.578. The summed E-state index contributed by atoms with van der Waals surface area (Å²) in [7, 11) is 3.14. The molecule has 2 N–H and O–H groups in total. The first-order valence-corrected chi connectivity index (χ1v) is 9.65. The minimum absolute atomic E-state index is 0.0954. The van der Waals surface area contributed by atoms with Crippen LogP contribution < -0.4 is 20.1 Å². The van der Waals surface area contributed by atoms with E-state index in [0.717, 1.165) is 16.0 Å². The zero-order valence-electron chi connectivity index (χ0n) is 17.0. The Morgan fingerprint density at radius 3 is 2.47 bits per heavy atom. The van der Waals surface area contributed by atoms with Gasteiger partial charge in [0.05, 0.1) is 27.2 Å². The average molecular weight is 411 g/mol. The Hall–Kier alpha value is -3.55. The monoisotopic (exact) mass is 411 g/mol. The lowest BCUT2D eigenvalue weighted by Gasteiger charge is -2.13. The van der Waals surface area contributed by atoms with Gasteiger partial charge in [0.25, 0.3) is 5.91 Å². The van der Waals surface area contributed by atoms with E-state index in [1.807, 2.05) is 48.5 Å². The maximum atomic E-state index is 12.5. The van der Waals surface area contributed by atoms with Crippen molar-refractivity contribution in [2.24, 2.45) is 0 Å². The van der Waals surface area contributed by atoms with Gasteiger partial charge in [-0.3, -0.25) is 14.5 Å². The molecular weight excluding hydrogens is 386 g/mol. The van der Waals surface area contributed by atoms with Crippen LogP contribution in [0.2, 0.25) is 0 Å². The molecule has 1 aliphatic rings. The SMILES string of the molecule is COc1ccc(CCNC(=O)C[C@@H]2NC(=O)N(Cc3ccccc3)C2=O)cc1OC. The fourth-order valence-corrected chi connectivity index (χ4v) is 3.27. The number of benzene rings is 2. The average Bonchev–Trinajstić information content (AvgIpc) is 3.01. The molecule has 1 saturated heterocycles. The van der Waals surface area contributed by atoms with E-state index in [1.54, 1.807) is 14.2 Å². The molecule has 30 heavy (non-hydrogen) atoms. The van der Waals surface area contributed by atoms with Gasteiger partial charge in [0.1, 0.15) is 6.04 Å². The molecule has 4 amide bonds. The minimum Gasteiger partial charge on any atom is -0.493 e. The number of imide groups is 1. The minimum atomic E-state index is -0.845. The van der Waals surface area contributed by atoms with Crippen LogP contribution in [0, 0.1) is 0 Å². The fourth-order valence-electron chi connectivity index (χ4n) is 3.27. The van der Waals surface area contributed by atoms with Gasteiger partial charge in [-0.15, -0.1) is 0 Å². The zero-order chi connectivity index (χ0) is 21.5. The lowest BCUT2D eigenvalue weighted by atomic mass is 10.1. The van der Waals surface area contributed by atoms with Crippen molar-refractivity contribution < 1.29 is 23.9 Å². The third-order valence-corrected chi connectivity index (χ3v) is 4.86. The number of carbonyl (C=O) groups excluding carboxylic acids is 3. The Morgan fingerprint density at radius 2 is 1.77 bits per heavy atom. The van der Waals surface area contributed by atoms with E-state index in [1.165, 1.54) is 0 Å². The van der Waals surface area contributed by atoms with Gasteiger partial charge in [0, 0.05) is 6.54 Å². The molecule has 3 rings (SSSR count). The molecule has 1 fully saturated rings. The van der Waals surface area contributed by atoms with Crippen LogP contribution in [-0.2, 0) is 22.6 Å². The van der Waals surface area contributed by atoms with Crippen LogP contribution in [0.5, 0.6) is 11.5 Å². The summed E-state index contributed by atoms with van der Waals surface area (Å²) < 4.78 is 10.5. The largest absolute Gasteiger partial charge is 0.493 e. The van der Waals surface area contributed by atoms with Gasteiger partial charge >= 0.3 is 6.03 Å². The van der Waals surface area contributed by atoms with E-state index in [-0.39, 0.29) is 24.8 Å². The molecule has 0 radical (unpaired) electrons. The number of nitrogens with zero attached hydrogens (tertiary/aromatic N) is 1. The van der Waals surface area contributed by atoms with Crippen molar-refractivity contribution in [2.75, 3.05) is 20.8 Å². The van der Waals surface area contributed by atoms with E-state index in [0.29, 0.717) is 24.5 Å². The highest BCUT2D eigenvalue weighted by Crippen LogP contribution is 2.27. The summed E-state index contributed by atoms with van der Waals surface area (Å²) in [5.41, 5.74) is 1.83. The second-order valence-electron chi connectivity index (χ2n) is 6.91. The van der Waals surface area contributed by atoms with Crippen LogP contribution in [0.1, 0.15) is 17.5 Å². The smallest absolute Gasteiger partial charge is 0.325 e. The topological polar surface area (TPSA) is 97.0 Å². The molecule has 0 bridgehead atoms. The predicted octanol–water partition coefficient (Wildman–Crippen LogP) is 1.87. The van der Waals surface area contributed by atoms with Crippen molar-refractivity contribution >= 4 is 17.8 Å². The summed E-state index contributed by atoms with van der Waals surface area (Å²) in [5, 5.41) is 5.38. The van der Waals surface area contributed by atoms with Crippen molar-refractivity contribution in [1.82, 2.24) is 15.5 Å². The van der Waals surface area contributed by atoms with Gasteiger partial charge in [-0.05, 0) is 29.7 Å². The molecule has 2 aromatic carbocycles. The highest BCUT2D eigenvalue weighted by atomic mass is 16.5. The molecule has 0 saturated carbocycles. The number of carbonyl (C=O) groups is 3. The Kier molecular flexibility index (Phi) is 6.90. The van der Waals surface area contributed by atoms with Crippen LogP contribution >= 0.6 is 0 Å². The van der Waals surface area contributed by atoms with E-state index in [9.17, 15) is 14.4 Å². The van der Waals surface area contributed by atoms with Crippen molar-refractivity contribution in [3.05, 3.63) is 59.7 Å². The quantitative estimate of drug-likeness (QED) is 0.614. The van der Waals surface area contributed by atoms with Gasteiger partial charge in [-0.2, -0.15) is 0 Å². The highest BCUT2D eigenvalue weighted by molar-refractivity contribution is 6.05. The number of nitrogens with one attached hydrogen (secondary N) is 2. The molecule has 8 nitrogen and oxygen atoms in total. The third-order valence-electron chi connectivity index (χ3n) is 4.86. The van der Waals surface area contributed by atoms with Crippen LogP contribution in [0.25, 0.3) is 0 Å². The van der Waals surface area contributed by atoms with Crippen LogP contribution in [0.15, 0.2) is 48.5 Å². The Labute approximate surface area is 175 Å². The molecule has 1 atom stereocenters. The van der Waals surface area contributed by atoms with Gasteiger partial charge < -0.3 is 20.1 Å². The second kappa shape index (κ2) is 9.78. The standard InChI is InChI=1S/C22H25N3O5/c1-29-18-9-8-15(12-19(18)30-2)10-11-23-20(26)13-17-21(27)25(22(28)24-17)14-16-6-4-3-5-7-16/h3-9,12,17H,10-11,13-14H2,1-2H3,(H,23,26)(H,24,28)/t17-/m0/s1. The summed E-state index contributed by atoms with van der Waals surface area (Å²) in [4.78, 5) is 38.0. The number of ether oxygens (including phenoxy) is 2. The van der Waals surface area contributed by atoms with Gasteiger partial charge in [-0.25, -0.2) is 4.79 Å². The second-order valence-corrected chi connectivity index (χ2v) is 6.91. The summed E-state index contributed by atoms with van der Waals surface area (Å²) in [6.45, 7) is 0.583. The Morgan fingerprint density at radius 1 is 1.03 bits per heavy atom. The predicted molar refractivity (Wildman–Crippen MR) is 110 cm³/mol. The summed E-state index contributed by atoms with van der Waals surface area (Å²) in [6.07, 6.45) is 0.499. The first kappa shape index (κ1) is 21.2. The van der Waals surface area contributed by atoms with Crippen molar-refractivity contribution in [2.45, 2.75) is 25.4 Å². The van der Waals surface area contributed by atoms with E-state index in [4.69, 9.17) is 9.47 Å². The van der Waals surface area contributed by atoms with Crippen molar-refractivity contribution in [3.63, 3.8) is 0 Å². The molecule has 0 spiro atoms. The molecule has 0 unspecified atom stereocenters. The molecule has 158 valence electrons. The molecule has 0 aromatic heterocycles. The van der Waals surface area contributed by atoms with Crippen molar-refractivity contribution in [3.8, 4) is 11.5 Å². The third kappa shape index (κ3) is 5.08. The van der Waals surface area contributed by atoms with Crippen LogP contribution in [0.4, 0.5) is 4.79 Å². The van der Waals surface area contributed by atoms with E-state index >= 15 is 0 Å². The first-order valence-electron chi connectivity index (χ1n) is 9.65. The van der Waals surface area contributed by atoms with Crippen LogP contribution in [-0.4, -0.2) is 49.6 Å². The Balaban J connectivity index is 1.48. The zero-order valence-corrected chi connectivity index (χ0v) is 17.0. The molecule has 0 aliphatic carbocycles. The number of hydrogen-bond acceptors (Lipinski definition) is 5. The molecule has 2 aromatic rings. The van der Waals surface area contributed by atoms with E-state index in [2.05, 4.69) is 10.6 Å². The number of urea groups is 1. The fraction of sp³-hybridized carbons (Fsp3) is 0.318. The van der Waals surface area contributed by atoms with Gasteiger partial charge in [0.2, 0.25) is 5.91 Å². The number of methoxy groups -OCH3 is 2. The van der Waals surface area contributed by atoms with Gasteiger partial charge in [-0.1, -0.05) is 36.4 Å². The molecular formula is C22H25N3O5. The van der Waals surface area contributed by atoms with Crippen molar-refractivity contribution in [1.29, 1.82) is 0 Å². The van der Waals surface area contributed by atoms with Crippen LogP contribution in [0.3, 0.4) is 0 Å². The summed E-state index contributed by atoms with van der Waals surface area (Å²) in [6, 6.07) is 13.5. The lowest BCUT2D eigenvalue weighted by molar-refractivity contribution is -0.131. The molecule has 1 aliphatic heterocycles. The normalized spacial score (nSPS) is 15.7. The first-order chi connectivity index (χ1) is 14.5. The maximum Gasteiger partial charge on any atom is 0.325 e. The van der Waals surface area contributed by atoms with Gasteiger partial charge in [0.15, 0.2) is 11.5 Å². The van der Waals surface area contributed by atoms with E-state index < -0.39 is 12.1 Å². The Bertz CT molecular complexity index is 916.